The minimum atomic E-state index is -0.629. The topological polar surface area (TPSA) is 46.5 Å². The zero-order chi connectivity index (χ0) is 10.0. The predicted molar refractivity (Wildman–Crippen MR) is 52.1 cm³/mol. The number of aliphatic carboxylic acids is 1. The van der Waals surface area contributed by atoms with Crippen molar-refractivity contribution >= 4 is 5.97 Å². The van der Waals surface area contributed by atoms with Crippen molar-refractivity contribution in [3.63, 3.8) is 0 Å². The third kappa shape index (κ3) is 1.78. The Bertz CT molecular complexity index is 215. The van der Waals surface area contributed by atoms with Gasteiger partial charge >= 0.3 is 5.97 Å². The van der Waals surface area contributed by atoms with E-state index >= 15 is 0 Å². The zero-order valence-corrected chi connectivity index (χ0v) is 8.50. The second-order valence-corrected chi connectivity index (χ2v) is 4.67. The molecule has 0 aromatic rings. The van der Waals surface area contributed by atoms with Crippen molar-refractivity contribution in [1.29, 1.82) is 0 Å². The highest BCUT2D eigenvalue weighted by Gasteiger charge is 2.45. The van der Waals surface area contributed by atoms with Gasteiger partial charge in [0.15, 0.2) is 0 Å². The predicted octanol–water partition coefficient (Wildman–Crippen LogP) is 2.06. The summed E-state index contributed by atoms with van der Waals surface area (Å²) in [6, 6.07) is 0. The fourth-order valence-corrected chi connectivity index (χ4v) is 2.97. The van der Waals surface area contributed by atoms with E-state index in [9.17, 15) is 4.79 Å². The highest BCUT2D eigenvalue weighted by Crippen LogP contribution is 2.52. The minimum Gasteiger partial charge on any atom is -0.481 e. The summed E-state index contributed by atoms with van der Waals surface area (Å²) in [6.07, 6.45) is 5.94. The first-order valence-electron chi connectivity index (χ1n) is 5.52. The summed E-state index contributed by atoms with van der Waals surface area (Å²) in [5.41, 5.74) is 0.135. The van der Waals surface area contributed by atoms with Crippen LogP contribution in [0.2, 0.25) is 0 Å². The average molecular weight is 198 g/mol. The molecule has 0 atom stereocenters. The zero-order valence-electron chi connectivity index (χ0n) is 8.50. The Morgan fingerprint density at radius 3 is 2.43 bits per heavy atom. The van der Waals surface area contributed by atoms with Crippen molar-refractivity contribution in [2.75, 3.05) is 13.2 Å². The summed E-state index contributed by atoms with van der Waals surface area (Å²) < 4.78 is 5.32. The van der Waals surface area contributed by atoms with Crippen LogP contribution < -0.4 is 0 Å². The minimum absolute atomic E-state index is 0.135. The van der Waals surface area contributed by atoms with Gasteiger partial charge in [0.1, 0.15) is 0 Å². The lowest BCUT2D eigenvalue weighted by Gasteiger charge is -2.48. The first kappa shape index (κ1) is 9.97. The molecule has 1 aliphatic heterocycles. The fraction of sp³-hybridized carbons (Fsp3) is 0.909. The molecule has 0 amide bonds. The first-order valence-corrected chi connectivity index (χ1v) is 5.52. The van der Waals surface area contributed by atoms with Gasteiger partial charge in [-0.1, -0.05) is 6.42 Å². The Labute approximate surface area is 84.4 Å². The number of rotatable bonds is 3. The summed E-state index contributed by atoms with van der Waals surface area (Å²) in [5.74, 6) is -0.0303. The van der Waals surface area contributed by atoms with E-state index in [1.165, 1.54) is 6.42 Å². The van der Waals surface area contributed by atoms with Crippen molar-refractivity contribution in [2.45, 2.75) is 38.5 Å². The van der Waals surface area contributed by atoms with Gasteiger partial charge in [0.25, 0.3) is 0 Å². The second-order valence-electron chi connectivity index (χ2n) is 4.67. The van der Waals surface area contributed by atoms with Gasteiger partial charge in [0, 0.05) is 13.2 Å². The molecule has 1 N–H and O–H groups in total. The SMILES string of the molecule is O=C(O)CC1(C2CCOCC2)CCC1. The van der Waals surface area contributed by atoms with Gasteiger partial charge < -0.3 is 9.84 Å². The third-order valence-corrected chi connectivity index (χ3v) is 3.94. The van der Waals surface area contributed by atoms with Crippen LogP contribution in [0.15, 0.2) is 0 Å². The molecule has 2 aliphatic rings. The lowest BCUT2D eigenvalue weighted by Crippen LogP contribution is -2.41. The van der Waals surface area contributed by atoms with Crippen molar-refractivity contribution in [3.8, 4) is 0 Å². The maximum absolute atomic E-state index is 10.8. The molecule has 0 radical (unpaired) electrons. The summed E-state index contributed by atoms with van der Waals surface area (Å²) in [5, 5.41) is 8.91. The summed E-state index contributed by atoms with van der Waals surface area (Å²) in [6.45, 7) is 1.65. The van der Waals surface area contributed by atoms with Crippen molar-refractivity contribution < 1.29 is 14.6 Å². The maximum Gasteiger partial charge on any atom is 0.303 e. The summed E-state index contributed by atoms with van der Waals surface area (Å²) in [7, 11) is 0. The third-order valence-electron chi connectivity index (χ3n) is 3.94. The van der Waals surface area contributed by atoms with E-state index in [0.717, 1.165) is 38.9 Å². The van der Waals surface area contributed by atoms with E-state index < -0.39 is 5.97 Å². The number of hydrogen-bond donors (Lipinski definition) is 1. The molecule has 1 aliphatic carbocycles. The lowest BCUT2D eigenvalue weighted by atomic mass is 9.57. The standard InChI is InChI=1S/C11H18O3/c12-10(13)8-11(4-1-5-11)9-2-6-14-7-3-9/h9H,1-8H2,(H,12,13). The highest BCUT2D eigenvalue weighted by molar-refractivity contribution is 5.68. The second kappa shape index (κ2) is 3.89. The molecule has 0 aromatic carbocycles. The molecule has 0 aromatic heterocycles. The largest absolute Gasteiger partial charge is 0.481 e. The van der Waals surface area contributed by atoms with E-state index in [4.69, 9.17) is 9.84 Å². The van der Waals surface area contributed by atoms with Gasteiger partial charge in [-0.15, -0.1) is 0 Å². The molecule has 0 spiro atoms. The Balaban J connectivity index is 1.99. The number of carboxylic acid groups (broad SMARTS) is 1. The van der Waals surface area contributed by atoms with E-state index in [1.807, 2.05) is 0 Å². The van der Waals surface area contributed by atoms with Gasteiger partial charge in [-0.25, -0.2) is 0 Å². The Morgan fingerprint density at radius 1 is 1.36 bits per heavy atom. The maximum atomic E-state index is 10.8. The molecule has 0 unspecified atom stereocenters. The normalized spacial score (nSPS) is 26.9. The number of carbonyl (C=O) groups is 1. The van der Waals surface area contributed by atoms with E-state index in [0.29, 0.717) is 12.3 Å². The van der Waals surface area contributed by atoms with Crippen LogP contribution in [0.4, 0.5) is 0 Å². The molecule has 1 heterocycles. The van der Waals surface area contributed by atoms with Crippen LogP contribution in [0.3, 0.4) is 0 Å². The van der Waals surface area contributed by atoms with Gasteiger partial charge in [0.2, 0.25) is 0 Å². The van der Waals surface area contributed by atoms with E-state index in [1.54, 1.807) is 0 Å². The molecule has 0 bridgehead atoms. The van der Waals surface area contributed by atoms with Gasteiger partial charge in [-0.2, -0.15) is 0 Å². The van der Waals surface area contributed by atoms with Crippen molar-refractivity contribution in [2.24, 2.45) is 11.3 Å². The van der Waals surface area contributed by atoms with Crippen molar-refractivity contribution in [3.05, 3.63) is 0 Å². The summed E-state index contributed by atoms with van der Waals surface area (Å²) in [4.78, 5) is 10.8. The van der Waals surface area contributed by atoms with Crippen LogP contribution in [-0.4, -0.2) is 24.3 Å². The molecule has 2 fully saturated rings. The molecule has 1 saturated heterocycles. The number of hydrogen-bond acceptors (Lipinski definition) is 2. The van der Waals surface area contributed by atoms with Crippen LogP contribution in [0.5, 0.6) is 0 Å². The van der Waals surface area contributed by atoms with Crippen LogP contribution in [0, 0.1) is 11.3 Å². The van der Waals surface area contributed by atoms with Crippen LogP contribution in [-0.2, 0) is 9.53 Å². The van der Waals surface area contributed by atoms with Crippen LogP contribution >= 0.6 is 0 Å². The number of ether oxygens (including phenoxy) is 1. The monoisotopic (exact) mass is 198 g/mol. The van der Waals surface area contributed by atoms with Gasteiger partial charge in [-0.3, -0.25) is 4.79 Å². The molecule has 14 heavy (non-hydrogen) atoms. The molecule has 3 heteroatoms. The Morgan fingerprint density at radius 2 is 2.00 bits per heavy atom. The number of carboxylic acids is 1. The van der Waals surface area contributed by atoms with Crippen LogP contribution in [0.25, 0.3) is 0 Å². The van der Waals surface area contributed by atoms with E-state index in [2.05, 4.69) is 0 Å². The lowest BCUT2D eigenvalue weighted by molar-refractivity contribution is -0.144. The fourth-order valence-electron chi connectivity index (χ4n) is 2.97. The van der Waals surface area contributed by atoms with Gasteiger partial charge in [0.05, 0.1) is 6.42 Å². The molecule has 2 rings (SSSR count). The smallest absolute Gasteiger partial charge is 0.303 e. The molecular weight excluding hydrogens is 180 g/mol. The quantitative estimate of drug-likeness (QED) is 0.755. The average Bonchev–Trinajstić information content (AvgIpc) is 2.12. The Kier molecular flexibility index (Phi) is 2.77. The van der Waals surface area contributed by atoms with Gasteiger partial charge in [-0.05, 0) is 37.0 Å². The first-order chi connectivity index (χ1) is 6.73. The Hall–Kier alpha value is -0.570. The molecular formula is C11H18O3. The van der Waals surface area contributed by atoms with Crippen LogP contribution in [0.1, 0.15) is 38.5 Å². The molecule has 1 saturated carbocycles. The van der Waals surface area contributed by atoms with Crippen molar-refractivity contribution in [1.82, 2.24) is 0 Å². The van der Waals surface area contributed by atoms with E-state index in [-0.39, 0.29) is 5.41 Å². The highest BCUT2D eigenvalue weighted by atomic mass is 16.5. The molecule has 3 nitrogen and oxygen atoms in total. The summed E-state index contributed by atoms with van der Waals surface area (Å²) >= 11 is 0. The molecule has 80 valence electrons.